The number of hydrogen-bond acceptors (Lipinski definition) is 4. The molecular weight excluding hydrogens is 360 g/mol. The molecule has 0 fully saturated rings. The first kappa shape index (κ1) is 19.6. The number of fused-ring (bicyclic) bond motifs is 1. The number of benzene rings is 1. The lowest BCUT2D eigenvalue weighted by atomic mass is 9.93. The standard InChI is InChI=1S/C21H26N2O3S/c1-15(2)23(20(25)14-26-3)13-19(24)22-11-9-18-17(10-12-27-18)21(22)16-7-5-4-6-8-16/h4-8,10,12,15,21H,9,11,13-14H2,1-3H3/t21-/m0/s1. The second-order valence-corrected chi connectivity index (χ2v) is 8.00. The van der Waals surface area contributed by atoms with Crippen molar-refractivity contribution in [2.24, 2.45) is 0 Å². The molecule has 27 heavy (non-hydrogen) atoms. The highest BCUT2D eigenvalue weighted by Gasteiger charge is 2.34. The van der Waals surface area contributed by atoms with Crippen LogP contribution in [-0.2, 0) is 20.7 Å². The molecule has 1 atom stereocenters. The van der Waals surface area contributed by atoms with Crippen LogP contribution in [-0.4, -0.2) is 54.5 Å². The van der Waals surface area contributed by atoms with Gasteiger partial charge >= 0.3 is 0 Å². The van der Waals surface area contributed by atoms with Crippen LogP contribution in [0.4, 0.5) is 0 Å². The largest absolute Gasteiger partial charge is 0.375 e. The third-order valence-corrected chi connectivity index (χ3v) is 5.92. The zero-order valence-electron chi connectivity index (χ0n) is 16.1. The van der Waals surface area contributed by atoms with Crippen LogP contribution >= 0.6 is 11.3 Å². The van der Waals surface area contributed by atoms with Crippen molar-refractivity contribution >= 4 is 23.2 Å². The Labute approximate surface area is 164 Å². The van der Waals surface area contributed by atoms with Crippen molar-refractivity contribution in [2.45, 2.75) is 32.4 Å². The second-order valence-electron chi connectivity index (χ2n) is 7.00. The predicted octanol–water partition coefficient (Wildman–Crippen LogP) is 3.11. The Morgan fingerprint density at radius 1 is 1.26 bits per heavy atom. The highest BCUT2D eigenvalue weighted by molar-refractivity contribution is 7.10. The lowest BCUT2D eigenvalue weighted by Crippen LogP contribution is -2.49. The first-order valence-corrected chi connectivity index (χ1v) is 10.1. The molecule has 0 saturated heterocycles. The zero-order chi connectivity index (χ0) is 19.4. The minimum atomic E-state index is -0.162. The third kappa shape index (κ3) is 4.22. The molecule has 0 saturated carbocycles. The highest BCUT2D eigenvalue weighted by atomic mass is 32.1. The second kappa shape index (κ2) is 8.67. The van der Waals surface area contributed by atoms with Gasteiger partial charge in [-0.2, -0.15) is 0 Å². The first-order valence-electron chi connectivity index (χ1n) is 9.22. The number of hydrogen-bond donors (Lipinski definition) is 0. The van der Waals surface area contributed by atoms with Gasteiger partial charge in [-0.3, -0.25) is 9.59 Å². The van der Waals surface area contributed by atoms with Crippen LogP contribution in [0.25, 0.3) is 0 Å². The molecule has 3 rings (SSSR count). The quantitative estimate of drug-likeness (QED) is 0.767. The summed E-state index contributed by atoms with van der Waals surface area (Å²) in [5.41, 5.74) is 2.30. The van der Waals surface area contributed by atoms with E-state index in [9.17, 15) is 9.59 Å². The predicted molar refractivity (Wildman–Crippen MR) is 107 cm³/mol. The number of carbonyl (C=O) groups is 2. The van der Waals surface area contributed by atoms with Gasteiger partial charge < -0.3 is 14.5 Å². The Hall–Kier alpha value is -2.18. The van der Waals surface area contributed by atoms with E-state index in [4.69, 9.17) is 4.74 Å². The molecule has 2 amide bonds. The minimum absolute atomic E-state index is 0.0117. The van der Waals surface area contributed by atoms with Crippen LogP contribution in [0.15, 0.2) is 41.8 Å². The SMILES string of the molecule is COCC(=O)N(CC(=O)N1CCc2sccc2[C@@H]1c1ccccc1)C(C)C. The van der Waals surface area contributed by atoms with Crippen molar-refractivity contribution in [3.8, 4) is 0 Å². The molecule has 6 heteroatoms. The number of thiophene rings is 1. The topological polar surface area (TPSA) is 49.9 Å². The van der Waals surface area contributed by atoms with Gasteiger partial charge in [0.1, 0.15) is 13.2 Å². The third-order valence-electron chi connectivity index (χ3n) is 4.92. The van der Waals surface area contributed by atoms with Gasteiger partial charge in [0.05, 0.1) is 6.04 Å². The molecule has 5 nitrogen and oxygen atoms in total. The Kier molecular flexibility index (Phi) is 6.29. The summed E-state index contributed by atoms with van der Waals surface area (Å²) >= 11 is 1.75. The van der Waals surface area contributed by atoms with Crippen molar-refractivity contribution in [1.29, 1.82) is 0 Å². The van der Waals surface area contributed by atoms with Gasteiger partial charge in [-0.05, 0) is 42.8 Å². The van der Waals surface area contributed by atoms with Crippen LogP contribution in [0.1, 0.15) is 35.9 Å². The van der Waals surface area contributed by atoms with Crippen LogP contribution in [0.2, 0.25) is 0 Å². The molecular formula is C21H26N2O3S. The molecule has 2 aromatic rings. The maximum atomic E-state index is 13.2. The van der Waals surface area contributed by atoms with Crippen molar-refractivity contribution in [1.82, 2.24) is 9.80 Å². The van der Waals surface area contributed by atoms with E-state index >= 15 is 0 Å². The molecule has 144 valence electrons. The van der Waals surface area contributed by atoms with Crippen LogP contribution < -0.4 is 0 Å². The minimum Gasteiger partial charge on any atom is -0.375 e. The fraction of sp³-hybridized carbons (Fsp3) is 0.429. The van der Waals surface area contributed by atoms with Gasteiger partial charge in [-0.1, -0.05) is 30.3 Å². The Balaban J connectivity index is 1.87. The molecule has 1 aromatic heterocycles. The number of nitrogens with zero attached hydrogens (tertiary/aromatic N) is 2. The average Bonchev–Trinajstić information content (AvgIpc) is 3.14. The molecule has 0 N–H and O–H groups in total. The monoisotopic (exact) mass is 386 g/mol. The van der Waals surface area contributed by atoms with Crippen molar-refractivity contribution in [3.05, 3.63) is 57.8 Å². The molecule has 0 radical (unpaired) electrons. The van der Waals surface area contributed by atoms with Crippen LogP contribution in [0, 0.1) is 0 Å². The summed E-state index contributed by atoms with van der Waals surface area (Å²) in [6.45, 7) is 4.56. The number of carbonyl (C=O) groups excluding carboxylic acids is 2. The van der Waals surface area contributed by atoms with E-state index in [1.807, 2.05) is 36.9 Å². The Morgan fingerprint density at radius 3 is 2.67 bits per heavy atom. The van der Waals surface area contributed by atoms with Gasteiger partial charge in [0.15, 0.2) is 0 Å². The maximum Gasteiger partial charge on any atom is 0.249 e. The summed E-state index contributed by atoms with van der Waals surface area (Å²) in [7, 11) is 1.49. The Morgan fingerprint density at radius 2 is 2.00 bits per heavy atom. The van der Waals surface area contributed by atoms with Gasteiger partial charge in [-0.15, -0.1) is 11.3 Å². The highest BCUT2D eigenvalue weighted by Crippen LogP contribution is 2.37. The molecule has 2 heterocycles. The van der Waals surface area contributed by atoms with Gasteiger partial charge in [0.25, 0.3) is 0 Å². The lowest BCUT2D eigenvalue weighted by molar-refractivity contribution is -0.145. The summed E-state index contributed by atoms with van der Waals surface area (Å²) < 4.78 is 4.97. The van der Waals surface area contributed by atoms with Gasteiger partial charge in [0.2, 0.25) is 11.8 Å². The van der Waals surface area contributed by atoms with E-state index in [0.29, 0.717) is 6.54 Å². The number of ether oxygens (including phenoxy) is 1. The molecule has 1 aromatic carbocycles. The molecule has 0 unspecified atom stereocenters. The summed E-state index contributed by atoms with van der Waals surface area (Å²) in [5, 5.41) is 2.09. The molecule has 0 spiro atoms. The summed E-state index contributed by atoms with van der Waals surface area (Å²) in [5.74, 6) is -0.191. The van der Waals surface area contributed by atoms with Crippen molar-refractivity contribution in [3.63, 3.8) is 0 Å². The van der Waals surface area contributed by atoms with E-state index in [1.165, 1.54) is 17.6 Å². The summed E-state index contributed by atoms with van der Waals surface area (Å²) in [6, 6.07) is 12.1. The average molecular weight is 387 g/mol. The lowest BCUT2D eigenvalue weighted by Gasteiger charge is -2.38. The fourth-order valence-electron chi connectivity index (χ4n) is 3.58. The van der Waals surface area contributed by atoms with E-state index in [2.05, 4.69) is 23.6 Å². The van der Waals surface area contributed by atoms with Gasteiger partial charge in [0, 0.05) is 24.6 Å². The number of methoxy groups -OCH3 is 1. The smallest absolute Gasteiger partial charge is 0.249 e. The van der Waals surface area contributed by atoms with Crippen molar-refractivity contribution < 1.29 is 14.3 Å². The van der Waals surface area contributed by atoms with E-state index in [-0.39, 0.29) is 37.0 Å². The number of amides is 2. The van der Waals surface area contributed by atoms with E-state index in [0.717, 1.165) is 12.0 Å². The summed E-state index contributed by atoms with van der Waals surface area (Å²) in [6.07, 6.45) is 0.857. The first-order chi connectivity index (χ1) is 13.0. The van der Waals surface area contributed by atoms with E-state index < -0.39 is 0 Å². The fourth-order valence-corrected chi connectivity index (χ4v) is 4.49. The summed E-state index contributed by atoms with van der Waals surface area (Å²) in [4.78, 5) is 30.4. The zero-order valence-corrected chi connectivity index (χ0v) is 16.9. The molecule has 1 aliphatic heterocycles. The van der Waals surface area contributed by atoms with E-state index in [1.54, 1.807) is 16.2 Å². The van der Waals surface area contributed by atoms with Gasteiger partial charge in [-0.25, -0.2) is 0 Å². The Bertz CT molecular complexity index is 788. The molecule has 1 aliphatic rings. The number of rotatable bonds is 6. The van der Waals surface area contributed by atoms with Crippen LogP contribution in [0.3, 0.4) is 0 Å². The maximum absolute atomic E-state index is 13.2. The van der Waals surface area contributed by atoms with Crippen LogP contribution in [0.5, 0.6) is 0 Å². The normalized spacial score (nSPS) is 16.3. The molecule has 0 aliphatic carbocycles. The molecule has 0 bridgehead atoms. The van der Waals surface area contributed by atoms with Crippen molar-refractivity contribution in [2.75, 3.05) is 26.8 Å².